The molecule has 4 nitrogen and oxygen atoms in total. The summed E-state index contributed by atoms with van der Waals surface area (Å²) in [4.78, 5) is 21.9. The van der Waals surface area contributed by atoms with Gasteiger partial charge in [-0.1, -0.05) is 0 Å². The smallest absolute Gasteiger partial charge is 0.230 e. The fraction of sp³-hybridized carbons (Fsp3) is 0.438. The molecule has 0 unspecified atom stereocenters. The molecule has 6 heteroatoms. The van der Waals surface area contributed by atoms with Gasteiger partial charge in [0.05, 0.1) is 17.0 Å². The van der Waals surface area contributed by atoms with Crippen molar-refractivity contribution in [1.82, 2.24) is 15.3 Å². The Balaban J connectivity index is 1.85. The number of nitrogens with zero attached hydrogens (tertiary/aromatic N) is 2. The van der Waals surface area contributed by atoms with Crippen LogP contribution in [0, 0.1) is 13.8 Å². The molecule has 0 saturated heterocycles. The van der Waals surface area contributed by atoms with E-state index in [1.807, 2.05) is 32.9 Å². The molecule has 0 bridgehead atoms. The average Bonchev–Trinajstić information content (AvgIpc) is 2.80. The first-order chi connectivity index (χ1) is 10.4. The van der Waals surface area contributed by atoms with E-state index < -0.39 is 5.54 Å². The number of aryl methyl sites for hydroxylation is 2. The fourth-order valence-corrected chi connectivity index (χ4v) is 3.68. The van der Waals surface area contributed by atoms with Gasteiger partial charge in [-0.3, -0.25) is 9.78 Å². The number of rotatable bonds is 6. The van der Waals surface area contributed by atoms with Crippen LogP contribution in [0.1, 0.15) is 35.0 Å². The van der Waals surface area contributed by atoms with Crippen LogP contribution in [0.15, 0.2) is 24.5 Å². The third-order valence-corrected chi connectivity index (χ3v) is 5.67. The number of aromatic nitrogens is 2. The molecule has 118 valence electrons. The van der Waals surface area contributed by atoms with E-state index in [1.54, 1.807) is 35.5 Å². The zero-order chi connectivity index (χ0) is 16.2. The molecule has 1 N–H and O–H groups in total. The second-order valence-electron chi connectivity index (χ2n) is 5.68. The highest BCUT2D eigenvalue weighted by Gasteiger charge is 2.26. The summed E-state index contributed by atoms with van der Waals surface area (Å²) in [5.74, 6) is 1.29. The SMILES string of the molecule is Cc1nc(C(C)(C)NC(=O)CSCc2ccncc2)sc1C. The molecule has 2 heterocycles. The molecular formula is C16H21N3OS2. The zero-order valence-corrected chi connectivity index (χ0v) is 15.0. The second-order valence-corrected chi connectivity index (χ2v) is 7.87. The highest BCUT2D eigenvalue weighted by Crippen LogP contribution is 2.27. The summed E-state index contributed by atoms with van der Waals surface area (Å²) in [6, 6.07) is 3.94. The summed E-state index contributed by atoms with van der Waals surface area (Å²) in [5.41, 5.74) is 1.78. The molecule has 0 saturated carbocycles. The van der Waals surface area contributed by atoms with E-state index in [0.29, 0.717) is 5.75 Å². The molecular weight excluding hydrogens is 314 g/mol. The van der Waals surface area contributed by atoms with Crippen LogP contribution in [0.2, 0.25) is 0 Å². The second kappa shape index (κ2) is 7.24. The van der Waals surface area contributed by atoms with Crippen LogP contribution in [-0.2, 0) is 16.1 Å². The van der Waals surface area contributed by atoms with Gasteiger partial charge in [0, 0.05) is 23.0 Å². The van der Waals surface area contributed by atoms with Gasteiger partial charge in [0.2, 0.25) is 5.91 Å². The van der Waals surface area contributed by atoms with Crippen molar-refractivity contribution in [3.8, 4) is 0 Å². The standard InChI is InChI=1S/C16H21N3OS2/c1-11-12(2)22-15(18-11)16(3,4)19-14(20)10-21-9-13-5-7-17-8-6-13/h5-8H,9-10H2,1-4H3,(H,19,20). The summed E-state index contributed by atoms with van der Waals surface area (Å²) >= 11 is 3.25. The van der Waals surface area contributed by atoms with Crippen molar-refractivity contribution in [2.24, 2.45) is 0 Å². The quantitative estimate of drug-likeness (QED) is 0.878. The van der Waals surface area contributed by atoms with Crippen molar-refractivity contribution >= 4 is 29.0 Å². The number of thioether (sulfide) groups is 1. The van der Waals surface area contributed by atoms with Crippen LogP contribution in [0.5, 0.6) is 0 Å². The van der Waals surface area contributed by atoms with Crippen molar-refractivity contribution in [3.05, 3.63) is 45.7 Å². The van der Waals surface area contributed by atoms with Gasteiger partial charge in [0.25, 0.3) is 0 Å². The van der Waals surface area contributed by atoms with Crippen molar-refractivity contribution in [1.29, 1.82) is 0 Å². The van der Waals surface area contributed by atoms with E-state index in [4.69, 9.17) is 0 Å². The van der Waals surface area contributed by atoms with Gasteiger partial charge < -0.3 is 5.32 Å². The normalized spacial score (nSPS) is 11.5. The van der Waals surface area contributed by atoms with Gasteiger partial charge in [0.1, 0.15) is 5.01 Å². The molecule has 0 aliphatic heterocycles. The van der Waals surface area contributed by atoms with E-state index >= 15 is 0 Å². The molecule has 0 aromatic carbocycles. The van der Waals surface area contributed by atoms with E-state index in [2.05, 4.69) is 22.2 Å². The molecule has 0 spiro atoms. The summed E-state index contributed by atoms with van der Waals surface area (Å²) in [7, 11) is 0. The van der Waals surface area contributed by atoms with Crippen molar-refractivity contribution in [2.45, 2.75) is 39.0 Å². The number of carbonyl (C=O) groups excluding carboxylic acids is 1. The minimum Gasteiger partial charge on any atom is -0.344 e. The molecule has 0 atom stereocenters. The van der Waals surface area contributed by atoms with Crippen LogP contribution in [-0.4, -0.2) is 21.6 Å². The maximum absolute atomic E-state index is 12.1. The molecule has 22 heavy (non-hydrogen) atoms. The van der Waals surface area contributed by atoms with Gasteiger partial charge in [-0.25, -0.2) is 4.98 Å². The lowest BCUT2D eigenvalue weighted by Crippen LogP contribution is -2.41. The molecule has 0 radical (unpaired) electrons. The monoisotopic (exact) mass is 335 g/mol. The third kappa shape index (κ3) is 4.55. The zero-order valence-electron chi connectivity index (χ0n) is 13.3. The lowest BCUT2D eigenvalue weighted by atomic mass is 10.1. The summed E-state index contributed by atoms with van der Waals surface area (Å²) in [6.45, 7) is 8.04. The predicted octanol–water partition coefficient (Wildman–Crippen LogP) is 3.44. The number of carbonyl (C=O) groups is 1. The largest absolute Gasteiger partial charge is 0.344 e. The first-order valence-electron chi connectivity index (χ1n) is 7.10. The maximum atomic E-state index is 12.1. The van der Waals surface area contributed by atoms with Crippen LogP contribution in [0.4, 0.5) is 0 Å². The fourth-order valence-electron chi connectivity index (χ4n) is 1.92. The number of hydrogen-bond donors (Lipinski definition) is 1. The summed E-state index contributed by atoms with van der Waals surface area (Å²) in [5, 5.41) is 4.03. The minimum atomic E-state index is -0.433. The van der Waals surface area contributed by atoms with Gasteiger partial charge in [-0.15, -0.1) is 23.1 Å². The maximum Gasteiger partial charge on any atom is 0.230 e. The number of amides is 1. The van der Waals surface area contributed by atoms with E-state index in [9.17, 15) is 4.79 Å². The van der Waals surface area contributed by atoms with E-state index in [1.165, 1.54) is 10.4 Å². The van der Waals surface area contributed by atoms with Crippen LogP contribution in [0.3, 0.4) is 0 Å². The van der Waals surface area contributed by atoms with Crippen LogP contribution >= 0.6 is 23.1 Å². The molecule has 0 aliphatic carbocycles. The summed E-state index contributed by atoms with van der Waals surface area (Å²) < 4.78 is 0. The third-order valence-electron chi connectivity index (χ3n) is 3.27. The Bertz CT molecular complexity index is 619. The van der Waals surface area contributed by atoms with E-state index in [0.717, 1.165) is 16.5 Å². The lowest BCUT2D eigenvalue weighted by Gasteiger charge is -2.23. The molecule has 0 fully saturated rings. The molecule has 2 aromatic heterocycles. The van der Waals surface area contributed by atoms with Crippen molar-refractivity contribution in [3.63, 3.8) is 0 Å². The van der Waals surface area contributed by atoms with Gasteiger partial charge in [-0.2, -0.15) is 0 Å². The highest BCUT2D eigenvalue weighted by molar-refractivity contribution is 7.99. The van der Waals surface area contributed by atoms with Crippen LogP contribution < -0.4 is 5.32 Å². The molecule has 2 aromatic rings. The lowest BCUT2D eigenvalue weighted by molar-refractivity contribution is -0.120. The Morgan fingerprint density at radius 1 is 1.32 bits per heavy atom. The predicted molar refractivity (Wildman–Crippen MR) is 93.2 cm³/mol. The van der Waals surface area contributed by atoms with E-state index in [-0.39, 0.29) is 5.91 Å². The number of nitrogens with one attached hydrogen (secondary N) is 1. The molecule has 0 aliphatic rings. The average molecular weight is 335 g/mol. The first-order valence-corrected chi connectivity index (χ1v) is 9.08. The minimum absolute atomic E-state index is 0.0366. The van der Waals surface area contributed by atoms with Gasteiger partial charge >= 0.3 is 0 Å². The Morgan fingerprint density at radius 3 is 2.59 bits per heavy atom. The number of thiazole rings is 1. The van der Waals surface area contributed by atoms with Gasteiger partial charge in [0.15, 0.2) is 0 Å². The molecule has 2 rings (SSSR count). The molecule has 1 amide bonds. The number of pyridine rings is 1. The Hall–Kier alpha value is -1.40. The van der Waals surface area contributed by atoms with Crippen molar-refractivity contribution in [2.75, 3.05) is 5.75 Å². The van der Waals surface area contributed by atoms with Crippen molar-refractivity contribution < 1.29 is 4.79 Å². The topological polar surface area (TPSA) is 54.9 Å². The Morgan fingerprint density at radius 2 is 2.00 bits per heavy atom. The first kappa shape index (κ1) is 17.0. The number of hydrogen-bond acceptors (Lipinski definition) is 5. The summed E-state index contributed by atoms with van der Waals surface area (Å²) in [6.07, 6.45) is 3.54. The Kier molecular flexibility index (Phi) is 5.58. The van der Waals surface area contributed by atoms with Crippen LogP contribution in [0.25, 0.3) is 0 Å². The highest BCUT2D eigenvalue weighted by atomic mass is 32.2. The van der Waals surface area contributed by atoms with Gasteiger partial charge in [-0.05, 0) is 45.4 Å². The Labute approximate surface area is 139 Å².